The standard InChI is InChI=1S/C14H19N5/c1-3-6-15-13-7-12(11-8-16-19(2)9-11)17-14(18-13)10-4-5-10/h7-10H,3-6H2,1-2H3,(H,15,17,18). The van der Waals surface area contributed by atoms with Gasteiger partial charge in [0, 0.05) is 37.3 Å². The lowest BCUT2D eigenvalue weighted by Crippen LogP contribution is -2.05. The molecule has 0 unspecified atom stereocenters. The van der Waals surface area contributed by atoms with Gasteiger partial charge in [0.05, 0.1) is 11.9 Å². The fraction of sp³-hybridized carbons (Fsp3) is 0.500. The first kappa shape index (κ1) is 12.1. The van der Waals surface area contributed by atoms with Gasteiger partial charge in [-0.1, -0.05) is 6.92 Å². The molecule has 5 heteroatoms. The highest BCUT2D eigenvalue weighted by molar-refractivity contribution is 5.61. The zero-order valence-electron chi connectivity index (χ0n) is 11.4. The van der Waals surface area contributed by atoms with Crippen LogP contribution in [0.3, 0.4) is 0 Å². The zero-order valence-corrected chi connectivity index (χ0v) is 11.4. The first-order valence-electron chi connectivity index (χ1n) is 6.88. The summed E-state index contributed by atoms with van der Waals surface area (Å²) in [4.78, 5) is 9.30. The summed E-state index contributed by atoms with van der Waals surface area (Å²) in [6.07, 6.45) is 7.35. The van der Waals surface area contributed by atoms with Crippen LogP contribution in [0.1, 0.15) is 37.9 Å². The third-order valence-corrected chi connectivity index (χ3v) is 3.24. The monoisotopic (exact) mass is 257 g/mol. The molecule has 3 rings (SSSR count). The molecule has 0 saturated heterocycles. The van der Waals surface area contributed by atoms with E-state index < -0.39 is 0 Å². The van der Waals surface area contributed by atoms with Crippen LogP contribution in [0, 0.1) is 0 Å². The van der Waals surface area contributed by atoms with Gasteiger partial charge in [-0.25, -0.2) is 9.97 Å². The molecule has 0 atom stereocenters. The Bertz CT molecular complexity index is 571. The van der Waals surface area contributed by atoms with Gasteiger partial charge < -0.3 is 5.32 Å². The van der Waals surface area contributed by atoms with E-state index in [0.717, 1.165) is 35.9 Å². The van der Waals surface area contributed by atoms with Crippen molar-refractivity contribution in [1.82, 2.24) is 19.7 Å². The van der Waals surface area contributed by atoms with Crippen molar-refractivity contribution in [2.45, 2.75) is 32.1 Å². The largest absolute Gasteiger partial charge is 0.370 e. The van der Waals surface area contributed by atoms with Crippen LogP contribution < -0.4 is 5.32 Å². The lowest BCUT2D eigenvalue weighted by molar-refractivity contribution is 0.768. The van der Waals surface area contributed by atoms with Gasteiger partial charge >= 0.3 is 0 Å². The molecule has 2 heterocycles. The molecule has 0 amide bonds. The molecule has 0 spiro atoms. The van der Waals surface area contributed by atoms with E-state index >= 15 is 0 Å². The minimum Gasteiger partial charge on any atom is -0.370 e. The number of rotatable bonds is 5. The van der Waals surface area contributed by atoms with Gasteiger partial charge in [0.1, 0.15) is 11.6 Å². The van der Waals surface area contributed by atoms with Gasteiger partial charge in [-0.15, -0.1) is 0 Å². The first-order chi connectivity index (χ1) is 9.26. The van der Waals surface area contributed by atoms with E-state index in [2.05, 4.69) is 27.3 Å². The number of aromatic nitrogens is 4. The van der Waals surface area contributed by atoms with Gasteiger partial charge in [0.15, 0.2) is 0 Å². The fourth-order valence-corrected chi connectivity index (χ4v) is 2.03. The molecule has 2 aromatic heterocycles. The predicted octanol–water partition coefficient (Wildman–Crippen LogP) is 2.58. The van der Waals surface area contributed by atoms with E-state index in [1.165, 1.54) is 12.8 Å². The predicted molar refractivity (Wildman–Crippen MR) is 75.0 cm³/mol. The van der Waals surface area contributed by atoms with E-state index in [0.29, 0.717) is 5.92 Å². The van der Waals surface area contributed by atoms with Crippen LogP contribution in [0.4, 0.5) is 5.82 Å². The van der Waals surface area contributed by atoms with Crippen LogP contribution in [0.5, 0.6) is 0 Å². The molecule has 2 aromatic rings. The van der Waals surface area contributed by atoms with Crippen molar-refractivity contribution in [3.8, 4) is 11.3 Å². The maximum atomic E-state index is 4.68. The highest BCUT2D eigenvalue weighted by atomic mass is 15.2. The first-order valence-corrected chi connectivity index (χ1v) is 6.88. The Balaban J connectivity index is 1.95. The van der Waals surface area contributed by atoms with Crippen molar-refractivity contribution < 1.29 is 0 Å². The number of hydrogen-bond acceptors (Lipinski definition) is 4. The molecule has 19 heavy (non-hydrogen) atoms. The molecule has 0 aromatic carbocycles. The SMILES string of the molecule is CCCNc1cc(-c2cnn(C)c2)nc(C2CC2)n1. The third-order valence-electron chi connectivity index (χ3n) is 3.24. The van der Waals surface area contributed by atoms with Crippen LogP contribution >= 0.6 is 0 Å². The Labute approximate surface area is 113 Å². The molecule has 100 valence electrons. The van der Waals surface area contributed by atoms with E-state index in [-0.39, 0.29) is 0 Å². The summed E-state index contributed by atoms with van der Waals surface area (Å²) in [6.45, 7) is 3.09. The summed E-state index contributed by atoms with van der Waals surface area (Å²) in [5, 5.41) is 7.57. The molecular weight excluding hydrogens is 238 g/mol. The number of nitrogens with one attached hydrogen (secondary N) is 1. The molecule has 1 aliphatic carbocycles. The van der Waals surface area contributed by atoms with Crippen LogP contribution in [-0.4, -0.2) is 26.3 Å². The maximum absolute atomic E-state index is 4.68. The lowest BCUT2D eigenvalue weighted by Gasteiger charge is -2.08. The van der Waals surface area contributed by atoms with Crippen molar-refractivity contribution >= 4 is 5.82 Å². The summed E-state index contributed by atoms with van der Waals surface area (Å²) < 4.78 is 1.80. The second-order valence-electron chi connectivity index (χ2n) is 5.10. The van der Waals surface area contributed by atoms with Gasteiger partial charge in [0.25, 0.3) is 0 Å². The number of anilines is 1. The fourth-order valence-electron chi connectivity index (χ4n) is 2.03. The van der Waals surface area contributed by atoms with Crippen LogP contribution in [-0.2, 0) is 7.05 Å². The second-order valence-corrected chi connectivity index (χ2v) is 5.10. The molecule has 1 N–H and O–H groups in total. The topological polar surface area (TPSA) is 55.6 Å². The molecule has 1 aliphatic rings. The summed E-state index contributed by atoms with van der Waals surface area (Å²) in [5.41, 5.74) is 2.01. The maximum Gasteiger partial charge on any atom is 0.134 e. The van der Waals surface area contributed by atoms with Gasteiger partial charge in [-0.2, -0.15) is 5.10 Å². The molecule has 0 radical (unpaired) electrons. The zero-order chi connectivity index (χ0) is 13.2. The highest BCUT2D eigenvalue weighted by Gasteiger charge is 2.27. The van der Waals surface area contributed by atoms with E-state index in [1.54, 1.807) is 4.68 Å². The molecule has 0 aliphatic heterocycles. The summed E-state index contributed by atoms with van der Waals surface area (Å²) in [7, 11) is 1.92. The van der Waals surface area contributed by atoms with Crippen molar-refractivity contribution in [3.05, 3.63) is 24.3 Å². The van der Waals surface area contributed by atoms with Crippen LogP contribution in [0.25, 0.3) is 11.3 Å². The number of nitrogens with zero attached hydrogens (tertiary/aromatic N) is 4. The van der Waals surface area contributed by atoms with Gasteiger partial charge in [0.2, 0.25) is 0 Å². The van der Waals surface area contributed by atoms with E-state index in [1.807, 2.05) is 25.5 Å². The molecule has 1 fully saturated rings. The Hall–Kier alpha value is -1.91. The molecule has 1 saturated carbocycles. The van der Waals surface area contributed by atoms with Crippen molar-refractivity contribution in [2.24, 2.45) is 7.05 Å². The van der Waals surface area contributed by atoms with E-state index in [9.17, 15) is 0 Å². The van der Waals surface area contributed by atoms with Crippen LogP contribution in [0.15, 0.2) is 18.5 Å². The smallest absolute Gasteiger partial charge is 0.134 e. The number of hydrogen-bond donors (Lipinski definition) is 1. The average molecular weight is 257 g/mol. The van der Waals surface area contributed by atoms with Gasteiger partial charge in [-0.05, 0) is 19.3 Å². The van der Waals surface area contributed by atoms with Crippen LogP contribution in [0.2, 0.25) is 0 Å². The average Bonchev–Trinajstić information content (AvgIpc) is 3.18. The van der Waals surface area contributed by atoms with Crippen molar-refractivity contribution in [3.63, 3.8) is 0 Å². The Morgan fingerprint density at radius 3 is 2.84 bits per heavy atom. The highest BCUT2D eigenvalue weighted by Crippen LogP contribution is 2.39. The van der Waals surface area contributed by atoms with Gasteiger partial charge in [-0.3, -0.25) is 4.68 Å². The molecule has 5 nitrogen and oxygen atoms in total. The van der Waals surface area contributed by atoms with E-state index in [4.69, 9.17) is 0 Å². The summed E-state index contributed by atoms with van der Waals surface area (Å²) >= 11 is 0. The Kier molecular flexibility index (Phi) is 3.19. The lowest BCUT2D eigenvalue weighted by atomic mass is 10.2. The second kappa shape index (κ2) is 4.99. The number of aryl methyl sites for hydroxylation is 1. The Morgan fingerprint density at radius 1 is 1.37 bits per heavy atom. The summed E-state index contributed by atoms with van der Waals surface area (Å²) in [6, 6.07) is 2.01. The normalized spacial score (nSPS) is 14.6. The minimum absolute atomic E-state index is 0.554. The van der Waals surface area contributed by atoms with Crippen molar-refractivity contribution in [2.75, 3.05) is 11.9 Å². The summed E-state index contributed by atoms with van der Waals surface area (Å²) in [5.74, 6) is 2.45. The molecule has 0 bridgehead atoms. The van der Waals surface area contributed by atoms with Crippen molar-refractivity contribution in [1.29, 1.82) is 0 Å². The molecular formula is C14H19N5. The third kappa shape index (κ3) is 2.75. The Morgan fingerprint density at radius 2 is 2.21 bits per heavy atom. The minimum atomic E-state index is 0.554. The quantitative estimate of drug-likeness (QED) is 0.894.